The summed E-state index contributed by atoms with van der Waals surface area (Å²) in [5, 5.41) is 3.33. The van der Waals surface area contributed by atoms with Crippen LogP contribution in [0.5, 0.6) is 0 Å². The first-order valence-corrected chi connectivity index (χ1v) is 6.55. The van der Waals surface area contributed by atoms with E-state index in [9.17, 15) is 0 Å². The highest BCUT2D eigenvalue weighted by Gasteiger charge is 2.10. The Kier molecular flexibility index (Phi) is 5.85. The SMILES string of the molecule is CCCc1nc(N)c(C)c(NC(C)COCC)n1. The van der Waals surface area contributed by atoms with E-state index in [1.807, 2.05) is 13.8 Å². The fourth-order valence-electron chi connectivity index (χ4n) is 1.63. The van der Waals surface area contributed by atoms with Crippen LogP contribution in [0.15, 0.2) is 0 Å². The fourth-order valence-corrected chi connectivity index (χ4v) is 1.63. The minimum atomic E-state index is 0.201. The molecule has 1 atom stereocenters. The maximum Gasteiger partial charge on any atom is 0.135 e. The van der Waals surface area contributed by atoms with Gasteiger partial charge in [-0.2, -0.15) is 0 Å². The minimum Gasteiger partial charge on any atom is -0.383 e. The van der Waals surface area contributed by atoms with E-state index < -0.39 is 0 Å². The van der Waals surface area contributed by atoms with Gasteiger partial charge in [0, 0.05) is 24.6 Å². The zero-order valence-corrected chi connectivity index (χ0v) is 11.8. The first kappa shape index (κ1) is 14.7. The van der Waals surface area contributed by atoms with Crippen LogP contribution in [-0.2, 0) is 11.2 Å². The summed E-state index contributed by atoms with van der Waals surface area (Å²) in [5.41, 5.74) is 6.81. The number of aromatic nitrogens is 2. The normalized spacial score (nSPS) is 12.4. The number of anilines is 2. The quantitative estimate of drug-likeness (QED) is 0.778. The Hall–Kier alpha value is -1.36. The topological polar surface area (TPSA) is 73.1 Å². The van der Waals surface area contributed by atoms with E-state index in [0.717, 1.165) is 36.7 Å². The second-order valence-corrected chi connectivity index (χ2v) is 4.45. The Morgan fingerprint density at radius 2 is 2.06 bits per heavy atom. The standard InChI is InChI=1S/C13H24N4O/c1-5-7-11-16-12(14)10(4)13(17-11)15-9(3)8-18-6-2/h9H,5-8H2,1-4H3,(H3,14,15,16,17). The van der Waals surface area contributed by atoms with Crippen LogP contribution >= 0.6 is 0 Å². The summed E-state index contributed by atoms with van der Waals surface area (Å²) in [4.78, 5) is 8.80. The zero-order valence-electron chi connectivity index (χ0n) is 11.8. The lowest BCUT2D eigenvalue weighted by molar-refractivity contribution is 0.141. The van der Waals surface area contributed by atoms with Crippen molar-refractivity contribution in [3.63, 3.8) is 0 Å². The first-order valence-electron chi connectivity index (χ1n) is 6.55. The molecule has 0 saturated heterocycles. The molecule has 0 amide bonds. The van der Waals surface area contributed by atoms with Crippen molar-refractivity contribution in [3.8, 4) is 0 Å². The summed E-state index contributed by atoms with van der Waals surface area (Å²) in [7, 11) is 0. The average Bonchev–Trinajstić information content (AvgIpc) is 2.33. The Balaban J connectivity index is 2.79. The number of ether oxygens (including phenoxy) is 1. The summed E-state index contributed by atoms with van der Waals surface area (Å²) in [5.74, 6) is 2.17. The summed E-state index contributed by atoms with van der Waals surface area (Å²) in [6.07, 6.45) is 1.86. The maximum absolute atomic E-state index is 5.91. The molecular weight excluding hydrogens is 228 g/mol. The number of nitrogens with two attached hydrogens (primary N) is 1. The van der Waals surface area contributed by atoms with Crippen LogP contribution < -0.4 is 11.1 Å². The van der Waals surface area contributed by atoms with E-state index in [-0.39, 0.29) is 6.04 Å². The number of nitrogen functional groups attached to an aromatic ring is 1. The molecule has 1 aromatic heterocycles. The molecule has 5 heteroatoms. The highest BCUT2D eigenvalue weighted by Crippen LogP contribution is 2.18. The van der Waals surface area contributed by atoms with Gasteiger partial charge < -0.3 is 15.8 Å². The largest absolute Gasteiger partial charge is 0.383 e. The van der Waals surface area contributed by atoms with Crippen molar-refractivity contribution < 1.29 is 4.74 Å². The summed E-state index contributed by atoms with van der Waals surface area (Å²) in [6.45, 7) is 9.46. The molecule has 0 fully saturated rings. The second-order valence-electron chi connectivity index (χ2n) is 4.45. The van der Waals surface area contributed by atoms with E-state index in [1.165, 1.54) is 0 Å². The van der Waals surface area contributed by atoms with Gasteiger partial charge in [0.2, 0.25) is 0 Å². The first-order chi connectivity index (χ1) is 8.58. The Morgan fingerprint density at radius 1 is 1.33 bits per heavy atom. The van der Waals surface area contributed by atoms with Crippen molar-refractivity contribution in [1.29, 1.82) is 0 Å². The summed E-state index contributed by atoms with van der Waals surface area (Å²) >= 11 is 0. The molecule has 1 unspecified atom stereocenters. The molecule has 5 nitrogen and oxygen atoms in total. The van der Waals surface area contributed by atoms with Crippen LogP contribution in [0, 0.1) is 6.92 Å². The van der Waals surface area contributed by atoms with Crippen LogP contribution in [0.2, 0.25) is 0 Å². The van der Waals surface area contributed by atoms with Gasteiger partial charge in [0.1, 0.15) is 17.5 Å². The molecular formula is C13H24N4O. The molecule has 0 saturated carbocycles. The van der Waals surface area contributed by atoms with Crippen LogP contribution in [-0.4, -0.2) is 29.2 Å². The molecule has 0 aliphatic heterocycles. The number of hydrogen-bond donors (Lipinski definition) is 2. The summed E-state index contributed by atoms with van der Waals surface area (Å²) < 4.78 is 5.38. The number of nitrogens with one attached hydrogen (secondary N) is 1. The lowest BCUT2D eigenvalue weighted by Gasteiger charge is -2.17. The highest BCUT2D eigenvalue weighted by molar-refractivity contribution is 5.55. The van der Waals surface area contributed by atoms with Gasteiger partial charge in [-0.1, -0.05) is 6.92 Å². The number of rotatable bonds is 7. The number of hydrogen-bond acceptors (Lipinski definition) is 5. The minimum absolute atomic E-state index is 0.201. The monoisotopic (exact) mass is 252 g/mol. The van der Waals surface area contributed by atoms with Crippen LogP contribution in [0.1, 0.15) is 38.6 Å². The Labute approximate surface area is 109 Å². The van der Waals surface area contributed by atoms with Crippen LogP contribution in [0.3, 0.4) is 0 Å². The summed E-state index contributed by atoms with van der Waals surface area (Å²) in [6, 6.07) is 0.201. The predicted molar refractivity (Wildman–Crippen MR) is 74.8 cm³/mol. The van der Waals surface area contributed by atoms with E-state index >= 15 is 0 Å². The van der Waals surface area contributed by atoms with Crippen molar-refractivity contribution in [2.45, 2.75) is 46.6 Å². The Bertz CT molecular complexity index is 381. The fraction of sp³-hybridized carbons (Fsp3) is 0.692. The molecule has 1 rings (SSSR count). The predicted octanol–water partition coefficient (Wildman–Crippen LogP) is 2.16. The lowest BCUT2D eigenvalue weighted by Crippen LogP contribution is -2.23. The van der Waals surface area contributed by atoms with Crippen molar-refractivity contribution >= 4 is 11.6 Å². The third kappa shape index (κ3) is 4.14. The van der Waals surface area contributed by atoms with Crippen molar-refractivity contribution in [1.82, 2.24) is 9.97 Å². The van der Waals surface area contributed by atoms with Gasteiger partial charge in [-0.25, -0.2) is 9.97 Å². The van der Waals surface area contributed by atoms with Crippen molar-refractivity contribution in [2.24, 2.45) is 0 Å². The smallest absolute Gasteiger partial charge is 0.135 e. The molecule has 0 aliphatic carbocycles. The average molecular weight is 252 g/mol. The van der Waals surface area contributed by atoms with Gasteiger partial charge in [0.05, 0.1) is 6.61 Å². The molecule has 0 radical (unpaired) electrons. The molecule has 0 aliphatic rings. The molecule has 0 spiro atoms. The van der Waals surface area contributed by atoms with Gasteiger partial charge in [0.25, 0.3) is 0 Å². The van der Waals surface area contributed by atoms with Crippen LogP contribution in [0.4, 0.5) is 11.6 Å². The third-order valence-corrected chi connectivity index (χ3v) is 2.66. The van der Waals surface area contributed by atoms with Gasteiger partial charge >= 0.3 is 0 Å². The van der Waals surface area contributed by atoms with Crippen molar-refractivity contribution in [2.75, 3.05) is 24.3 Å². The Morgan fingerprint density at radius 3 is 2.67 bits per heavy atom. The molecule has 18 heavy (non-hydrogen) atoms. The van der Waals surface area contributed by atoms with Crippen molar-refractivity contribution in [3.05, 3.63) is 11.4 Å². The van der Waals surface area contributed by atoms with E-state index in [2.05, 4.69) is 29.1 Å². The van der Waals surface area contributed by atoms with E-state index in [0.29, 0.717) is 12.4 Å². The zero-order chi connectivity index (χ0) is 13.5. The molecule has 1 aromatic rings. The third-order valence-electron chi connectivity index (χ3n) is 2.66. The molecule has 3 N–H and O–H groups in total. The van der Waals surface area contributed by atoms with Crippen LogP contribution in [0.25, 0.3) is 0 Å². The molecule has 1 heterocycles. The molecule has 0 bridgehead atoms. The number of aryl methyl sites for hydroxylation is 1. The maximum atomic E-state index is 5.91. The number of nitrogens with zero attached hydrogens (tertiary/aromatic N) is 2. The van der Waals surface area contributed by atoms with E-state index in [1.54, 1.807) is 0 Å². The lowest BCUT2D eigenvalue weighted by atomic mass is 10.2. The van der Waals surface area contributed by atoms with Gasteiger partial charge in [-0.05, 0) is 27.2 Å². The van der Waals surface area contributed by atoms with Gasteiger partial charge in [-0.15, -0.1) is 0 Å². The highest BCUT2D eigenvalue weighted by atomic mass is 16.5. The second kappa shape index (κ2) is 7.16. The molecule has 0 aromatic carbocycles. The van der Waals surface area contributed by atoms with Gasteiger partial charge in [-0.3, -0.25) is 0 Å². The van der Waals surface area contributed by atoms with E-state index in [4.69, 9.17) is 10.5 Å². The molecule has 102 valence electrons. The van der Waals surface area contributed by atoms with Gasteiger partial charge in [0.15, 0.2) is 0 Å².